The van der Waals surface area contributed by atoms with Gasteiger partial charge < -0.3 is 14.8 Å². The number of hydrogen-bond acceptors (Lipinski definition) is 8. The fraction of sp³-hybridized carbons (Fsp3) is 0.350. The van der Waals surface area contributed by atoms with Crippen LogP contribution >= 0.6 is 8.25 Å². The van der Waals surface area contributed by atoms with Crippen LogP contribution in [-0.4, -0.2) is 27.6 Å². The van der Waals surface area contributed by atoms with Crippen molar-refractivity contribution in [3.8, 4) is 5.75 Å². The van der Waals surface area contributed by atoms with E-state index < -0.39 is 26.0 Å². The van der Waals surface area contributed by atoms with Crippen molar-refractivity contribution in [2.75, 3.05) is 5.32 Å². The molecule has 1 fully saturated rings. The molecule has 1 aromatic carbocycles. The summed E-state index contributed by atoms with van der Waals surface area (Å²) in [6.07, 6.45) is 2.25. The fourth-order valence-electron chi connectivity index (χ4n) is 3.21. The maximum Gasteiger partial charge on any atom is 0.747 e. The standard InChI is InChI=1S/C20H21N2O7P/c1-5-11-12-8-7-9-15(16(12)22-14(6-2)17(11)29-30(25)26)21-10-13-18(23)27-20(3,4)28-19(13)24/h7-10H,5-6H2,1-4H3,(H-,21,23,24,25,26)/p+1. The molecule has 0 radical (unpaired) electrons. The first-order chi connectivity index (χ1) is 14.2. The molecule has 1 saturated heterocycles. The molecule has 158 valence electrons. The van der Waals surface area contributed by atoms with E-state index in [1.165, 1.54) is 20.0 Å². The molecule has 2 heterocycles. The number of pyridine rings is 1. The molecular weight excluding hydrogens is 411 g/mol. The van der Waals surface area contributed by atoms with Gasteiger partial charge >= 0.3 is 20.2 Å². The average molecular weight is 433 g/mol. The highest BCUT2D eigenvalue weighted by molar-refractivity contribution is 7.32. The largest absolute Gasteiger partial charge is 0.747 e. The summed E-state index contributed by atoms with van der Waals surface area (Å²) >= 11 is 0. The Labute approximate surface area is 174 Å². The number of nitrogens with zero attached hydrogens (tertiary/aromatic N) is 1. The molecule has 1 aliphatic rings. The average Bonchev–Trinajstić information content (AvgIpc) is 2.65. The molecule has 0 spiro atoms. The van der Waals surface area contributed by atoms with Crippen LogP contribution in [-0.2, 0) is 36.5 Å². The van der Waals surface area contributed by atoms with Gasteiger partial charge in [-0.2, -0.15) is 0 Å². The molecule has 2 aromatic rings. The molecule has 1 unspecified atom stereocenters. The SMILES string of the molecule is CCc1nc2c(NC=C3C(=O)OC(C)(C)OC3=O)cccc2c(CC)c1O[P+](=O)O. The van der Waals surface area contributed by atoms with E-state index in [9.17, 15) is 19.0 Å². The van der Waals surface area contributed by atoms with Crippen LogP contribution in [0.1, 0.15) is 39.0 Å². The Bertz CT molecular complexity index is 1060. The molecule has 0 aliphatic carbocycles. The number of para-hydroxylation sites is 1. The summed E-state index contributed by atoms with van der Waals surface area (Å²) in [5.74, 6) is -2.60. The van der Waals surface area contributed by atoms with Crippen LogP contribution in [0.25, 0.3) is 10.9 Å². The molecule has 1 aromatic heterocycles. The molecule has 3 rings (SSSR count). The lowest BCUT2D eigenvalue weighted by atomic mass is 10.0. The van der Waals surface area contributed by atoms with E-state index in [4.69, 9.17) is 14.0 Å². The van der Waals surface area contributed by atoms with E-state index in [2.05, 4.69) is 10.3 Å². The molecular formula is C20H22N2O7P+. The minimum Gasteiger partial charge on any atom is -0.419 e. The smallest absolute Gasteiger partial charge is 0.419 e. The van der Waals surface area contributed by atoms with Gasteiger partial charge in [0, 0.05) is 35.6 Å². The number of carbonyl (C=O) groups is 2. The van der Waals surface area contributed by atoms with Crippen LogP contribution in [0.5, 0.6) is 5.75 Å². The highest BCUT2D eigenvalue weighted by atomic mass is 31.1. The highest BCUT2D eigenvalue weighted by Crippen LogP contribution is 2.37. The number of aromatic nitrogens is 1. The number of ether oxygens (including phenoxy) is 2. The van der Waals surface area contributed by atoms with Gasteiger partial charge in [-0.3, -0.25) is 0 Å². The second-order valence-electron chi connectivity index (χ2n) is 6.99. The number of aryl methyl sites for hydroxylation is 2. The van der Waals surface area contributed by atoms with Crippen LogP contribution in [0.15, 0.2) is 30.0 Å². The molecule has 10 heteroatoms. The Morgan fingerprint density at radius 3 is 2.43 bits per heavy atom. The van der Waals surface area contributed by atoms with Crippen LogP contribution in [0.2, 0.25) is 0 Å². The van der Waals surface area contributed by atoms with E-state index in [1.807, 2.05) is 19.9 Å². The third-order valence-corrected chi connectivity index (χ3v) is 4.83. The lowest BCUT2D eigenvalue weighted by Gasteiger charge is -2.29. The van der Waals surface area contributed by atoms with Crippen LogP contribution in [0.3, 0.4) is 0 Å². The van der Waals surface area contributed by atoms with Gasteiger partial charge in [-0.05, 0) is 18.9 Å². The van der Waals surface area contributed by atoms with E-state index in [-0.39, 0.29) is 5.57 Å². The first kappa shape index (κ1) is 21.7. The first-order valence-electron chi connectivity index (χ1n) is 9.38. The number of hydrogen-bond donors (Lipinski definition) is 2. The van der Waals surface area contributed by atoms with E-state index in [0.29, 0.717) is 35.5 Å². The fourth-order valence-corrected chi connectivity index (χ4v) is 3.58. The minimum atomic E-state index is -2.84. The van der Waals surface area contributed by atoms with E-state index in [0.717, 1.165) is 10.9 Å². The topological polar surface area (TPSA) is 124 Å². The summed E-state index contributed by atoms with van der Waals surface area (Å²) in [6, 6.07) is 5.32. The number of rotatable bonds is 6. The maximum atomic E-state index is 12.1. The molecule has 30 heavy (non-hydrogen) atoms. The number of fused-ring (bicyclic) bond motifs is 1. The van der Waals surface area contributed by atoms with Crippen molar-refractivity contribution >= 4 is 36.8 Å². The molecule has 0 amide bonds. The van der Waals surface area contributed by atoms with Gasteiger partial charge in [-0.1, -0.05) is 26.0 Å². The van der Waals surface area contributed by atoms with Crippen LogP contribution in [0.4, 0.5) is 5.69 Å². The molecule has 1 aliphatic heterocycles. The third-order valence-electron chi connectivity index (χ3n) is 4.49. The molecule has 2 N–H and O–H groups in total. The van der Waals surface area contributed by atoms with Gasteiger partial charge in [0.1, 0.15) is 0 Å². The lowest BCUT2D eigenvalue weighted by molar-refractivity contribution is -0.222. The lowest BCUT2D eigenvalue weighted by Crippen LogP contribution is -2.42. The monoisotopic (exact) mass is 433 g/mol. The number of anilines is 1. The van der Waals surface area contributed by atoms with E-state index >= 15 is 0 Å². The van der Waals surface area contributed by atoms with Gasteiger partial charge in [0.25, 0.3) is 5.79 Å². The van der Waals surface area contributed by atoms with Crippen molar-refractivity contribution in [1.82, 2.24) is 4.98 Å². The van der Waals surface area contributed by atoms with Gasteiger partial charge in [0.15, 0.2) is 5.57 Å². The Hall–Kier alpha value is -3.03. The zero-order valence-corrected chi connectivity index (χ0v) is 17.9. The zero-order chi connectivity index (χ0) is 22.1. The van der Waals surface area contributed by atoms with Gasteiger partial charge in [0.05, 0.1) is 16.9 Å². The van der Waals surface area contributed by atoms with Crippen molar-refractivity contribution in [1.29, 1.82) is 0 Å². The number of cyclic esters (lactones) is 2. The summed E-state index contributed by atoms with van der Waals surface area (Å²) in [7, 11) is -2.84. The number of benzene rings is 1. The third kappa shape index (κ3) is 4.27. The van der Waals surface area contributed by atoms with Crippen molar-refractivity contribution in [2.24, 2.45) is 0 Å². The molecule has 1 atom stereocenters. The Kier molecular flexibility index (Phi) is 6.05. The predicted octanol–water partition coefficient (Wildman–Crippen LogP) is 3.52. The van der Waals surface area contributed by atoms with Crippen molar-refractivity contribution in [3.63, 3.8) is 0 Å². The Morgan fingerprint density at radius 1 is 1.20 bits per heavy atom. The number of carbonyl (C=O) groups excluding carboxylic acids is 2. The van der Waals surface area contributed by atoms with Gasteiger partial charge in [-0.25, -0.2) is 19.1 Å². The van der Waals surface area contributed by atoms with E-state index in [1.54, 1.807) is 12.1 Å². The van der Waals surface area contributed by atoms with Crippen molar-refractivity contribution < 1.29 is 33.0 Å². The summed E-state index contributed by atoms with van der Waals surface area (Å²) in [6.45, 7) is 6.71. The van der Waals surface area contributed by atoms with Gasteiger partial charge in [-0.15, -0.1) is 4.89 Å². The summed E-state index contributed by atoms with van der Waals surface area (Å²) in [5, 5.41) is 3.66. The second-order valence-corrected chi connectivity index (χ2v) is 7.64. The quantitative estimate of drug-likeness (QED) is 0.305. The summed E-state index contributed by atoms with van der Waals surface area (Å²) in [5.41, 5.74) is 2.10. The molecule has 0 saturated carbocycles. The van der Waals surface area contributed by atoms with Crippen LogP contribution in [0, 0.1) is 0 Å². The van der Waals surface area contributed by atoms with Gasteiger partial charge in [0.2, 0.25) is 5.75 Å². The summed E-state index contributed by atoms with van der Waals surface area (Å²) in [4.78, 5) is 38.1. The Balaban J connectivity index is 2.07. The van der Waals surface area contributed by atoms with Crippen molar-refractivity contribution in [2.45, 2.75) is 46.3 Å². The molecule has 9 nitrogen and oxygen atoms in total. The van der Waals surface area contributed by atoms with Crippen LogP contribution < -0.4 is 9.84 Å². The maximum absolute atomic E-state index is 12.1. The Morgan fingerprint density at radius 2 is 1.87 bits per heavy atom. The zero-order valence-electron chi connectivity index (χ0n) is 17.0. The second kappa shape index (κ2) is 8.38. The predicted molar refractivity (Wildman–Crippen MR) is 109 cm³/mol. The normalized spacial score (nSPS) is 16.0. The first-order valence-corrected chi connectivity index (χ1v) is 10.5. The summed E-state index contributed by atoms with van der Waals surface area (Å²) < 4.78 is 26.6. The number of nitrogens with one attached hydrogen (secondary N) is 1. The highest BCUT2D eigenvalue weighted by Gasteiger charge is 2.39. The molecule has 0 bridgehead atoms. The van der Waals surface area contributed by atoms with Crippen molar-refractivity contribution in [3.05, 3.63) is 41.2 Å². The number of esters is 2. The minimum absolute atomic E-state index is 0.269.